The fraction of sp³-hybridized carbons (Fsp3) is 0. The number of anilines is 1. The lowest BCUT2D eigenvalue weighted by molar-refractivity contribution is 0.0700. The fourth-order valence-corrected chi connectivity index (χ4v) is 1.92. The molecule has 0 spiro atoms. The molecule has 0 radical (unpaired) electrons. The molecule has 3 aromatic heterocycles. The van der Waals surface area contributed by atoms with Gasteiger partial charge in [-0.15, -0.1) is 5.10 Å². The number of hydrogen-bond donors (Lipinski definition) is 3. The summed E-state index contributed by atoms with van der Waals surface area (Å²) in [4.78, 5) is 14.3. The van der Waals surface area contributed by atoms with Crippen LogP contribution >= 0.6 is 0 Å². The molecule has 0 fully saturated rings. The van der Waals surface area contributed by atoms with Crippen LogP contribution in [0.25, 0.3) is 16.7 Å². The van der Waals surface area contributed by atoms with Crippen LogP contribution in [0.1, 0.15) is 10.4 Å². The Morgan fingerprint density at radius 1 is 1.26 bits per heavy atom. The minimum atomic E-state index is -1.24. The molecule has 23 heavy (non-hydrogen) atoms. The summed E-state index contributed by atoms with van der Waals surface area (Å²) in [5.74, 6) is -2.04. The smallest absolute Gasteiger partial charge is 0.343 e. The number of carboxylic acid groups (broad SMARTS) is 1. The van der Waals surface area contributed by atoms with Crippen LogP contribution in [0.3, 0.4) is 0 Å². The van der Waals surface area contributed by atoms with Crippen LogP contribution in [-0.2, 0) is 0 Å². The summed E-state index contributed by atoms with van der Waals surface area (Å²) in [5, 5.41) is 22.7. The topological polar surface area (TPSA) is 135 Å². The third-order valence-corrected chi connectivity index (χ3v) is 2.90. The van der Waals surface area contributed by atoms with Crippen molar-refractivity contribution in [1.29, 1.82) is 0 Å². The second-order valence-corrected chi connectivity index (χ2v) is 4.42. The van der Waals surface area contributed by atoms with Crippen molar-refractivity contribution >= 4 is 28.5 Å². The van der Waals surface area contributed by atoms with Gasteiger partial charge in [0.1, 0.15) is 16.6 Å². The van der Waals surface area contributed by atoms with E-state index in [0.717, 1.165) is 27.9 Å². The monoisotopic (exact) mass is 315 g/mol. The molecule has 1 aromatic carbocycles. The van der Waals surface area contributed by atoms with Gasteiger partial charge in [0.05, 0.1) is 12.4 Å². The molecule has 0 bridgehead atoms. The average Bonchev–Trinajstić information content (AvgIpc) is 3.10. The van der Waals surface area contributed by atoms with Crippen molar-refractivity contribution in [2.24, 2.45) is 0 Å². The van der Waals surface area contributed by atoms with Crippen LogP contribution < -0.4 is 5.73 Å². The maximum atomic E-state index is 12.7. The lowest BCUT2D eigenvalue weighted by atomic mass is 10.3. The normalized spacial score (nSPS) is 10.5. The fourth-order valence-electron chi connectivity index (χ4n) is 1.92. The van der Waals surface area contributed by atoms with E-state index in [0.29, 0.717) is 0 Å². The van der Waals surface area contributed by atoms with Crippen LogP contribution in [-0.4, -0.2) is 41.1 Å². The predicted octanol–water partition coefficient (Wildman–Crippen LogP) is 1.11. The molecule has 4 N–H and O–H groups in total. The Hall–Kier alpha value is -3.56. The molecule has 0 unspecified atom stereocenters. The van der Waals surface area contributed by atoms with Gasteiger partial charge in [-0.2, -0.15) is 15.4 Å². The zero-order valence-corrected chi connectivity index (χ0v) is 11.5. The van der Waals surface area contributed by atoms with Gasteiger partial charge in [-0.05, 0) is 12.1 Å². The number of aromatic nitrogens is 6. The number of benzene rings is 1. The van der Waals surface area contributed by atoms with Gasteiger partial charge in [0.25, 0.3) is 0 Å². The summed E-state index contributed by atoms with van der Waals surface area (Å²) in [5.41, 5.74) is 6.96. The lowest BCUT2D eigenvalue weighted by Gasteiger charge is -1.92. The highest BCUT2D eigenvalue weighted by atomic mass is 19.1. The van der Waals surface area contributed by atoms with Crippen molar-refractivity contribution in [3.05, 3.63) is 48.0 Å². The number of nitrogens with one attached hydrogen (secondary N) is 1. The molecule has 4 aromatic rings. The van der Waals surface area contributed by atoms with E-state index in [9.17, 15) is 9.18 Å². The van der Waals surface area contributed by atoms with Crippen molar-refractivity contribution < 1.29 is 14.3 Å². The van der Waals surface area contributed by atoms with E-state index >= 15 is 0 Å². The van der Waals surface area contributed by atoms with Crippen molar-refractivity contribution in [2.75, 3.05) is 5.73 Å². The van der Waals surface area contributed by atoms with Crippen molar-refractivity contribution in [3.8, 4) is 0 Å². The Bertz CT molecular complexity index is 964. The highest BCUT2D eigenvalue weighted by molar-refractivity contribution is 5.99. The van der Waals surface area contributed by atoms with Crippen LogP contribution in [0, 0.1) is 5.82 Å². The van der Waals surface area contributed by atoms with Crippen LogP contribution in [0.2, 0.25) is 0 Å². The minimum absolute atomic E-state index is 0.0244. The van der Waals surface area contributed by atoms with Gasteiger partial charge in [0, 0.05) is 0 Å². The highest BCUT2D eigenvalue weighted by Crippen LogP contribution is 2.15. The number of fused-ring (bicyclic) bond motifs is 2. The van der Waals surface area contributed by atoms with E-state index in [1.165, 1.54) is 0 Å². The van der Waals surface area contributed by atoms with Crippen molar-refractivity contribution in [1.82, 2.24) is 30.0 Å². The third kappa shape index (κ3) is 2.77. The molecule has 0 amide bonds. The van der Waals surface area contributed by atoms with Gasteiger partial charge in [0.15, 0.2) is 17.3 Å². The van der Waals surface area contributed by atoms with Crippen molar-refractivity contribution in [2.45, 2.75) is 0 Å². The summed E-state index contributed by atoms with van der Waals surface area (Å²) in [6.07, 6.45) is 1.91. The summed E-state index contributed by atoms with van der Waals surface area (Å²) in [6, 6.07) is 7.70. The maximum absolute atomic E-state index is 12.7. The van der Waals surface area contributed by atoms with E-state index in [4.69, 9.17) is 10.8 Å². The zero-order chi connectivity index (χ0) is 16.4. The van der Waals surface area contributed by atoms with Gasteiger partial charge < -0.3 is 10.8 Å². The Balaban J connectivity index is 0.000000149. The largest absolute Gasteiger partial charge is 0.477 e. The standard InChI is InChI=1S/C7H5FN4O2.C6H5N3/c8-3-1-10-6-4(7(13)14)5(9)11-12(6)2-3;1-2-4-6-5(3-1)7-9-8-6/h1-2H,(H2,9,11)(H,13,14);1-4H,(H,7,8,9). The molecule has 116 valence electrons. The Labute approximate surface area is 127 Å². The van der Waals surface area contributed by atoms with Gasteiger partial charge in [-0.25, -0.2) is 18.7 Å². The molecular weight excluding hydrogens is 305 g/mol. The first-order valence-electron chi connectivity index (χ1n) is 6.34. The van der Waals surface area contributed by atoms with E-state index in [1.54, 1.807) is 0 Å². The highest BCUT2D eigenvalue weighted by Gasteiger charge is 2.18. The van der Waals surface area contributed by atoms with Gasteiger partial charge in [-0.1, -0.05) is 12.1 Å². The molecule has 0 saturated heterocycles. The summed E-state index contributed by atoms with van der Waals surface area (Å²) < 4.78 is 13.7. The number of aromatic amines is 1. The molecular formula is C13H10FN7O2. The third-order valence-electron chi connectivity index (χ3n) is 2.90. The molecule has 0 aliphatic carbocycles. The van der Waals surface area contributed by atoms with Gasteiger partial charge in [-0.3, -0.25) is 0 Å². The van der Waals surface area contributed by atoms with E-state index in [-0.39, 0.29) is 17.0 Å². The number of para-hydroxylation sites is 2. The molecule has 4 rings (SSSR count). The zero-order valence-electron chi connectivity index (χ0n) is 11.5. The summed E-state index contributed by atoms with van der Waals surface area (Å²) in [7, 11) is 0. The number of H-pyrrole nitrogens is 1. The molecule has 0 aliphatic rings. The minimum Gasteiger partial charge on any atom is -0.477 e. The van der Waals surface area contributed by atoms with Crippen LogP contribution in [0.4, 0.5) is 10.2 Å². The Kier molecular flexibility index (Phi) is 3.55. The molecule has 9 nitrogen and oxygen atoms in total. The van der Waals surface area contributed by atoms with Gasteiger partial charge >= 0.3 is 5.97 Å². The number of nitrogens with zero attached hydrogens (tertiary/aromatic N) is 5. The lowest BCUT2D eigenvalue weighted by Crippen LogP contribution is -2.00. The first-order valence-corrected chi connectivity index (χ1v) is 6.34. The number of nitrogens with two attached hydrogens (primary N) is 1. The molecule has 0 aliphatic heterocycles. The molecule has 0 atom stereocenters. The average molecular weight is 315 g/mol. The SMILES string of the molecule is Nc1nn2cc(F)cnc2c1C(=O)O.c1ccc2n[nH]nc2c1. The number of nitrogen functional groups attached to an aromatic ring is 1. The van der Waals surface area contributed by atoms with E-state index < -0.39 is 11.8 Å². The number of aromatic carboxylic acids is 1. The van der Waals surface area contributed by atoms with Crippen LogP contribution in [0.15, 0.2) is 36.7 Å². The quantitative estimate of drug-likeness (QED) is 0.478. The van der Waals surface area contributed by atoms with E-state index in [1.807, 2.05) is 24.3 Å². The molecule has 0 saturated carbocycles. The Morgan fingerprint density at radius 2 is 1.91 bits per heavy atom. The first-order chi connectivity index (χ1) is 11.1. The second-order valence-electron chi connectivity index (χ2n) is 4.42. The van der Waals surface area contributed by atoms with E-state index in [2.05, 4.69) is 25.5 Å². The van der Waals surface area contributed by atoms with Crippen LogP contribution in [0.5, 0.6) is 0 Å². The number of halogens is 1. The van der Waals surface area contributed by atoms with Crippen molar-refractivity contribution in [3.63, 3.8) is 0 Å². The maximum Gasteiger partial charge on any atom is 0.343 e. The number of hydrogen-bond acceptors (Lipinski definition) is 6. The first kappa shape index (κ1) is 14.4. The number of rotatable bonds is 1. The number of carbonyl (C=O) groups is 1. The molecule has 10 heteroatoms. The predicted molar refractivity (Wildman–Crippen MR) is 78.2 cm³/mol. The second kappa shape index (κ2) is 5.67. The van der Waals surface area contributed by atoms with Gasteiger partial charge in [0.2, 0.25) is 0 Å². The summed E-state index contributed by atoms with van der Waals surface area (Å²) in [6.45, 7) is 0. The Morgan fingerprint density at radius 3 is 2.52 bits per heavy atom. The summed E-state index contributed by atoms with van der Waals surface area (Å²) >= 11 is 0. The number of carboxylic acids is 1. The molecule has 3 heterocycles.